The highest BCUT2D eigenvalue weighted by molar-refractivity contribution is 5.78. The van der Waals surface area contributed by atoms with Gasteiger partial charge in [0.25, 0.3) is 0 Å². The minimum atomic E-state index is -4.32. The number of rotatable bonds is 5. The van der Waals surface area contributed by atoms with Crippen molar-refractivity contribution in [1.29, 1.82) is 0 Å². The molecule has 0 unspecified atom stereocenters. The van der Waals surface area contributed by atoms with Gasteiger partial charge in [-0.2, -0.15) is 13.2 Å². The number of pyridine rings is 1. The van der Waals surface area contributed by atoms with Gasteiger partial charge in [-0.05, 0) is 62.1 Å². The molecule has 1 atom stereocenters. The number of benzene rings is 1. The zero-order valence-electron chi connectivity index (χ0n) is 17.6. The summed E-state index contributed by atoms with van der Waals surface area (Å²) < 4.78 is 38.3. The molecule has 0 bridgehead atoms. The number of amides is 1. The molecule has 2 aliphatic heterocycles. The van der Waals surface area contributed by atoms with E-state index in [-0.39, 0.29) is 11.8 Å². The Kier molecular flexibility index (Phi) is 6.60. The van der Waals surface area contributed by atoms with E-state index in [4.69, 9.17) is 4.98 Å². The highest BCUT2D eigenvalue weighted by Crippen LogP contribution is 2.30. The van der Waals surface area contributed by atoms with Crippen molar-refractivity contribution in [2.24, 2.45) is 0 Å². The summed E-state index contributed by atoms with van der Waals surface area (Å²) in [4.78, 5) is 21.5. The van der Waals surface area contributed by atoms with Crippen molar-refractivity contribution < 1.29 is 18.0 Å². The molecule has 2 saturated heterocycles. The molecule has 2 aliphatic rings. The molecule has 4 rings (SSSR count). The van der Waals surface area contributed by atoms with Gasteiger partial charge in [-0.3, -0.25) is 14.7 Å². The van der Waals surface area contributed by atoms with E-state index in [0.29, 0.717) is 13.0 Å². The number of aromatic nitrogens is 1. The van der Waals surface area contributed by atoms with Gasteiger partial charge in [0, 0.05) is 43.4 Å². The SMILES string of the molecule is O=C(CN1CCC[C@H](c2cccc(Cc3ccc(C(F)(F)F)cc3)n2)C1)N1CCCC1. The van der Waals surface area contributed by atoms with E-state index in [1.54, 1.807) is 0 Å². The Morgan fingerprint density at radius 3 is 2.45 bits per heavy atom. The minimum absolute atomic E-state index is 0.224. The molecule has 0 radical (unpaired) electrons. The molecule has 0 saturated carbocycles. The summed E-state index contributed by atoms with van der Waals surface area (Å²) in [5.74, 6) is 0.495. The summed E-state index contributed by atoms with van der Waals surface area (Å²) in [6, 6.07) is 11.2. The second-order valence-electron chi connectivity index (χ2n) is 8.59. The lowest BCUT2D eigenvalue weighted by atomic mass is 9.93. The van der Waals surface area contributed by atoms with Crippen LogP contribution >= 0.6 is 0 Å². The van der Waals surface area contributed by atoms with Crippen LogP contribution < -0.4 is 0 Å². The number of alkyl halides is 3. The maximum Gasteiger partial charge on any atom is 0.416 e. The molecule has 166 valence electrons. The smallest absolute Gasteiger partial charge is 0.342 e. The van der Waals surface area contributed by atoms with Gasteiger partial charge >= 0.3 is 6.18 Å². The Labute approximate surface area is 181 Å². The zero-order chi connectivity index (χ0) is 21.8. The van der Waals surface area contributed by atoms with Crippen molar-refractivity contribution in [1.82, 2.24) is 14.8 Å². The third-order valence-electron chi connectivity index (χ3n) is 6.24. The summed E-state index contributed by atoms with van der Waals surface area (Å²) in [5, 5.41) is 0. The fourth-order valence-electron chi connectivity index (χ4n) is 4.54. The predicted molar refractivity (Wildman–Crippen MR) is 113 cm³/mol. The molecular weight excluding hydrogens is 403 g/mol. The second kappa shape index (κ2) is 9.39. The van der Waals surface area contributed by atoms with Crippen LogP contribution in [0.25, 0.3) is 0 Å². The van der Waals surface area contributed by atoms with Gasteiger partial charge in [0.2, 0.25) is 5.91 Å². The van der Waals surface area contributed by atoms with Crippen LogP contribution in [0.2, 0.25) is 0 Å². The van der Waals surface area contributed by atoms with E-state index in [0.717, 1.165) is 80.9 Å². The van der Waals surface area contributed by atoms with E-state index in [1.807, 2.05) is 23.1 Å². The van der Waals surface area contributed by atoms with Gasteiger partial charge in [0.1, 0.15) is 0 Å². The Morgan fingerprint density at radius 2 is 1.74 bits per heavy atom. The Balaban J connectivity index is 1.38. The fraction of sp³-hybridized carbons (Fsp3) is 0.500. The Morgan fingerprint density at radius 1 is 1.00 bits per heavy atom. The van der Waals surface area contributed by atoms with Gasteiger partial charge in [-0.15, -0.1) is 0 Å². The standard InChI is InChI=1S/C24H28F3N3O/c25-24(26,27)20-10-8-18(9-11-20)15-21-6-3-7-22(28-21)19-5-4-12-29(16-19)17-23(31)30-13-1-2-14-30/h3,6-11,19H,1-2,4-5,12-17H2/t19-/m0/s1. The molecule has 0 spiro atoms. The summed E-state index contributed by atoms with van der Waals surface area (Å²) in [5.41, 5.74) is 2.02. The van der Waals surface area contributed by atoms with Crippen LogP contribution in [-0.2, 0) is 17.4 Å². The summed E-state index contributed by atoms with van der Waals surface area (Å²) in [6.45, 7) is 3.98. The lowest BCUT2D eigenvalue weighted by Crippen LogP contribution is -2.43. The number of carbonyl (C=O) groups is 1. The first kappa shape index (κ1) is 21.8. The maximum absolute atomic E-state index is 12.8. The number of hydrogen-bond acceptors (Lipinski definition) is 3. The molecular formula is C24H28F3N3O. The Hall–Kier alpha value is -2.41. The molecule has 1 aromatic carbocycles. The number of hydrogen-bond donors (Lipinski definition) is 0. The lowest BCUT2D eigenvalue weighted by Gasteiger charge is -2.33. The topological polar surface area (TPSA) is 36.4 Å². The number of carbonyl (C=O) groups excluding carboxylic acids is 1. The van der Waals surface area contributed by atoms with Crippen molar-refractivity contribution in [2.45, 2.75) is 44.2 Å². The van der Waals surface area contributed by atoms with Crippen molar-refractivity contribution in [3.05, 3.63) is 65.0 Å². The van der Waals surface area contributed by atoms with Crippen molar-refractivity contribution in [3.63, 3.8) is 0 Å². The molecule has 2 aromatic rings. The molecule has 4 nitrogen and oxygen atoms in total. The summed E-state index contributed by atoms with van der Waals surface area (Å²) >= 11 is 0. The minimum Gasteiger partial charge on any atom is -0.342 e. The number of piperidine rings is 1. The van der Waals surface area contributed by atoms with Gasteiger partial charge in [-0.25, -0.2) is 0 Å². The fourth-order valence-corrected chi connectivity index (χ4v) is 4.54. The van der Waals surface area contributed by atoms with E-state index in [1.165, 1.54) is 12.1 Å². The summed E-state index contributed by atoms with van der Waals surface area (Å²) in [6.07, 6.45) is 0.442. The third-order valence-corrected chi connectivity index (χ3v) is 6.24. The predicted octanol–water partition coefficient (Wildman–Crippen LogP) is 4.49. The molecule has 0 N–H and O–H groups in total. The molecule has 0 aliphatic carbocycles. The quantitative estimate of drug-likeness (QED) is 0.700. The molecule has 1 aromatic heterocycles. The zero-order valence-corrected chi connectivity index (χ0v) is 17.6. The van der Waals surface area contributed by atoms with Crippen molar-refractivity contribution in [2.75, 3.05) is 32.7 Å². The summed E-state index contributed by atoms with van der Waals surface area (Å²) in [7, 11) is 0. The average Bonchev–Trinajstić information content (AvgIpc) is 3.29. The molecule has 31 heavy (non-hydrogen) atoms. The van der Waals surface area contributed by atoms with E-state index < -0.39 is 11.7 Å². The van der Waals surface area contributed by atoms with Crippen LogP contribution in [0.1, 0.15) is 54.1 Å². The molecule has 7 heteroatoms. The number of nitrogens with zero attached hydrogens (tertiary/aromatic N) is 3. The van der Waals surface area contributed by atoms with Gasteiger partial charge in [0.05, 0.1) is 12.1 Å². The van der Waals surface area contributed by atoms with E-state index >= 15 is 0 Å². The third kappa shape index (κ3) is 5.64. The average molecular weight is 432 g/mol. The van der Waals surface area contributed by atoms with Crippen LogP contribution in [0.3, 0.4) is 0 Å². The van der Waals surface area contributed by atoms with Gasteiger partial charge < -0.3 is 4.90 Å². The normalized spacial score (nSPS) is 20.2. The second-order valence-corrected chi connectivity index (χ2v) is 8.59. The Bertz CT molecular complexity index is 892. The van der Waals surface area contributed by atoms with Crippen LogP contribution in [-0.4, -0.2) is 53.4 Å². The van der Waals surface area contributed by atoms with Crippen LogP contribution in [0.15, 0.2) is 42.5 Å². The first-order valence-electron chi connectivity index (χ1n) is 11.0. The van der Waals surface area contributed by atoms with Gasteiger partial charge in [0.15, 0.2) is 0 Å². The lowest BCUT2D eigenvalue weighted by molar-refractivity contribution is -0.137. The first-order valence-corrected chi connectivity index (χ1v) is 11.0. The van der Waals surface area contributed by atoms with Crippen molar-refractivity contribution >= 4 is 5.91 Å². The van der Waals surface area contributed by atoms with Crippen LogP contribution in [0, 0.1) is 0 Å². The molecule has 3 heterocycles. The van der Waals surface area contributed by atoms with Crippen LogP contribution in [0.4, 0.5) is 13.2 Å². The number of halogens is 3. The van der Waals surface area contributed by atoms with Crippen molar-refractivity contribution in [3.8, 4) is 0 Å². The number of likely N-dealkylation sites (tertiary alicyclic amines) is 2. The molecule has 2 fully saturated rings. The van der Waals surface area contributed by atoms with Crippen LogP contribution in [0.5, 0.6) is 0 Å². The first-order chi connectivity index (χ1) is 14.9. The van der Waals surface area contributed by atoms with E-state index in [9.17, 15) is 18.0 Å². The molecule has 1 amide bonds. The van der Waals surface area contributed by atoms with E-state index in [2.05, 4.69) is 4.90 Å². The van der Waals surface area contributed by atoms with Gasteiger partial charge in [-0.1, -0.05) is 18.2 Å². The highest BCUT2D eigenvalue weighted by Gasteiger charge is 2.30. The maximum atomic E-state index is 12.8. The monoisotopic (exact) mass is 431 g/mol. The highest BCUT2D eigenvalue weighted by atomic mass is 19.4. The largest absolute Gasteiger partial charge is 0.416 e.